The second-order valence-electron chi connectivity index (χ2n) is 9.53. The number of carbonyl (C=O) groups excluding carboxylic acids is 2. The van der Waals surface area contributed by atoms with E-state index in [2.05, 4.69) is 5.32 Å². The third kappa shape index (κ3) is 7.61. The Hall–Kier alpha value is -3.36. The van der Waals surface area contributed by atoms with Gasteiger partial charge in [-0.3, -0.25) is 13.9 Å². The number of aryl methyl sites for hydroxylation is 1. The van der Waals surface area contributed by atoms with Crippen LogP contribution in [0.15, 0.2) is 83.8 Å². The molecule has 9 heteroatoms. The number of hydrogen-bond acceptors (Lipinski definition) is 4. The summed E-state index contributed by atoms with van der Waals surface area (Å²) in [5.74, 6) is -0.788. The first-order valence-corrected chi connectivity index (χ1v) is 14.9. The maximum Gasteiger partial charge on any atom is 0.264 e. The molecule has 0 spiro atoms. The molecule has 0 fully saturated rings. The van der Waals surface area contributed by atoms with Crippen molar-refractivity contribution in [3.63, 3.8) is 0 Å². The highest BCUT2D eigenvalue weighted by Crippen LogP contribution is 2.30. The predicted molar refractivity (Wildman–Crippen MR) is 156 cm³/mol. The van der Waals surface area contributed by atoms with Crippen LogP contribution in [0.2, 0.25) is 5.02 Å². The normalized spacial score (nSPS) is 12.8. The molecule has 0 heterocycles. The maximum absolute atomic E-state index is 14.0. The van der Waals surface area contributed by atoms with Gasteiger partial charge in [-0.05, 0) is 56.5 Å². The minimum atomic E-state index is -4.16. The number of sulfonamides is 1. The van der Waals surface area contributed by atoms with E-state index >= 15 is 0 Å². The van der Waals surface area contributed by atoms with E-state index in [4.69, 9.17) is 11.6 Å². The van der Waals surface area contributed by atoms with Crippen molar-refractivity contribution in [2.75, 3.05) is 10.8 Å². The molecule has 0 saturated carbocycles. The van der Waals surface area contributed by atoms with Crippen molar-refractivity contribution in [1.29, 1.82) is 0 Å². The highest BCUT2D eigenvalue weighted by Gasteiger charge is 2.34. The molecule has 1 N–H and O–H groups in total. The average molecular weight is 570 g/mol. The Kier molecular flexibility index (Phi) is 10.5. The summed E-state index contributed by atoms with van der Waals surface area (Å²) in [5.41, 5.74) is 2.08. The first-order valence-electron chi connectivity index (χ1n) is 13.1. The number of rotatable bonds is 12. The van der Waals surface area contributed by atoms with E-state index in [-0.39, 0.29) is 34.1 Å². The van der Waals surface area contributed by atoms with E-state index in [1.54, 1.807) is 42.5 Å². The average Bonchev–Trinajstić information content (AvgIpc) is 2.93. The first-order chi connectivity index (χ1) is 18.6. The van der Waals surface area contributed by atoms with Crippen LogP contribution >= 0.6 is 11.6 Å². The van der Waals surface area contributed by atoms with Gasteiger partial charge in [-0.2, -0.15) is 0 Å². The van der Waals surface area contributed by atoms with Crippen LogP contribution in [0.3, 0.4) is 0 Å². The van der Waals surface area contributed by atoms with E-state index in [9.17, 15) is 18.0 Å². The van der Waals surface area contributed by atoms with Crippen molar-refractivity contribution < 1.29 is 18.0 Å². The number of para-hydroxylation sites is 1. The molecule has 2 unspecified atom stereocenters. The molecule has 0 aliphatic rings. The van der Waals surface area contributed by atoms with Crippen LogP contribution in [0, 0.1) is 6.92 Å². The number of nitrogens with zero attached hydrogens (tertiary/aromatic N) is 2. The molecule has 2 amide bonds. The molecule has 2 atom stereocenters. The molecular formula is C30H36ClN3O4S. The van der Waals surface area contributed by atoms with E-state index in [0.29, 0.717) is 6.42 Å². The molecule has 3 aromatic carbocycles. The van der Waals surface area contributed by atoms with Crippen molar-refractivity contribution in [2.24, 2.45) is 0 Å². The lowest BCUT2D eigenvalue weighted by Crippen LogP contribution is -2.53. The molecule has 0 aliphatic carbocycles. The molecule has 3 aromatic rings. The molecule has 7 nitrogen and oxygen atoms in total. The van der Waals surface area contributed by atoms with Crippen LogP contribution in [-0.4, -0.2) is 43.8 Å². The van der Waals surface area contributed by atoms with Crippen molar-refractivity contribution in [2.45, 2.75) is 64.1 Å². The lowest BCUT2D eigenvalue weighted by Gasteiger charge is -2.34. The molecular weight excluding hydrogens is 534 g/mol. The van der Waals surface area contributed by atoms with Gasteiger partial charge in [0.25, 0.3) is 10.0 Å². The van der Waals surface area contributed by atoms with E-state index in [1.165, 1.54) is 17.0 Å². The first kappa shape index (κ1) is 30.2. The summed E-state index contributed by atoms with van der Waals surface area (Å²) in [6.45, 7) is 7.30. The number of benzene rings is 3. The van der Waals surface area contributed by atoms with Crippen molar-refractivity contribution in [3.8, 4) is 0 Å². The largest absolute Gasteiger partial charge is 0.352 e. The fourth-order valence-corrected chi connectivity index (χ4v) is 5.88. The fraction of sp³-hybridized carbons (Fsp3) is 0.333. The van der Waals surface area contributed by atoms with E-state index < -0.39 is 28.5 Å². The number of hydrogen-bond donors (Lipinski definition) is 1. The Morgan fingerprint density at radius 2 is 1.51 bits per heavy atom. The van der Waals surface area contributed by atoms with E-state index in [0.717, 1.165) is 21.9 Å². The summed E-state index contributed by atoms with van der Waals surface area (Å²) in [6, 6.07) is 21.2. The highest BCUT2D eigenvalue weighted by molar-refractivity contribution is 7.92. The molecule has 208 valence electrons. The lowest BCUT2D eigenvalue weighted by molar-refractivity contribution is -0.140. The topological polar surface area (TPSA) is 86.8 Å². The third-order valence-corrected chi connectivity index (χ3v) is 8.69. The molecule has 0 radical (unpaired) electrons. The van der Waals surface area contributed by atoms with Gasteiger partial charge in [-0.15, -0.1) is 0 Å². The number of nitrogens with one attached hydrogen (secondary N) is 1. The van der Waals surface area contributed by atoms with Crippen LogP contribution in [0.5, 0.6) is 0 Å². The second kappa shape index (κ2) is 13.6. The summed E-state index contributed by atoms with van der Waals surface area (Å²) in [6.07, 6.45) is 1.10. The molecule has 0 aliphatic heterocycles. The molecule has 3 rings (SSSR count). The van der Waals surface area contributed by atoms with Crippen LogP contribution in [-0.2, 0) is 26.2 Å². The minimum absolute atomic E-state index is 0.0318. The number of anilines is 1. The predicted octanol–water partition coefficient (Wildman–Crippen LogP) is 5.57. The standard InChI is InChI=1S/C30H36ClN3O4S/c1-5-23(4)32-30(36)27(6-2)33(20-24-18-16-22(3)17-19-24)29(35)21-34(28-15-11-10-14-26(28)31)39(37,38)25-12-8-7-9-13-25/h7-19,23,27H,5-6,20-21H2,1-4H3,(H,32,36). The quantitative estimate of drug-likeness (QED) is 0.309. The van der Waals surface area contributed by atoms with Gasteiger partial charge in [0.05, 0.1) is 15.6 Å². The van der Waals surface area contributed by atoms with Crippen LogP contribution in [0.1, 0.15) is 44.7 Å². The molecule has 0 saturated heterocycles. The zero-order valence-electron chi connectivity index (χ0n) is 22.8. The smallest absolute Gasteiger partial charge is 0.264 e. The minimum Gasteiger partial charge on any atom is -0.352 e. The van der Waals surface area contributed by atoms with Crippen molar-refractivity contribution in [3.05, 3.63) is 95.0 Å². The zero-order valence-corrected chi connectivity index (χ0v) is 24.4. The SMILES string of the molecule is CCC(C)NC(=O)C(CC)N(Cc1ccc(C)cc1)C(=O)CN(c1ccccc1Cl)S(=O)(=O)c1ccccc1. The summed E-state index contributed by atoms with van der Waals surface area (Å²) in [4.78, 5) is 28.8. The van der Waals surface area contributed by atoms with Crippen LogP contribution in [0.25, 0.3) is 0 Å². The van der Waals surface area contributed by atoms with Gasteiger partial charge in [0.15, 0.2) is 0 Å². The highest BCUT2D eigenvalue weighted by atomic mass is 35.5. The Bertz CT molecular complexity index is 1360. The Labute approximate surface area is 236 Å². The van der Waals surface area contributed by atoms with Gasteiger partial charge in [0.1, 0.15) is 12.6 Å². The molecule has 0 bridgehead atoms. The van der Waals surface area contributed by atoms with Gasteiger partial charge in [-0.1, -0.05) is 85.6 Å². The monoisotopic (exact) mass is 569 g/mol. The summed E-state index contributed by atoms with van der Waals surface area (Å²) in [5, 5.41) is 3.17. The van der Waals surface area contributed by atoms with Gasteiger partial charge in [0.2, 0.25) is 11.8 Å². The molecule has 39 heavy (non-hydrogen) atoms. The van der Waals surface area contributed by atoms with E-state index in [1.807, 2.05) is 52.0 Å². The summed E-state index contributed by atoms with van der Waals surface area (Å²) >= 11 is 6.44. The van der Waals surface area contributed by atoms with Crippen molar-refractivity contribution >= 4 is 39.1 Å². The Morgan fingerprint density at radius 3 is 2.10 bits per heavy atom. The Morgan fingerprint density at radius 1 is 0.897 bits per heavy atom. The van der Waals surface area contributed by atoms with Gasteiger partial charge in [0, 0.05) is 12.6 Å². The molecule has 0 aromatic heterocycles. The van der Waals surface area contributed by atoms with Crippen LogP contribution < -0.4 is 9.62 Å². The van der Waals surface area contributed by atoms with Gasteiger partial charge < -0.3 is 10.2 Å². The van der Waals surface area contributed by atoms with Crippen molar-refractivity contribution in [1.82, 2.24) is 10.2 Å². The van der Waals surface area contributed by atoms with Gasteiger partial charge in [-0.25, -0.2) is 8.42 Å². The lowest BCUT2D eigenvalue weighted by atomic mass is 10.1. The number of carbonyl (C=O) groups is 2. The zero-order chi connectivity index (χ0) is 28.6. The van der Waals surface area contributed by atoms with Crippen LogP contribution in [0.4, 0.5) is 5.69 Å². The summed E-state index contributed by atoms with van der Waals surface area (Å²) < 4.78 is 28.6. The Balaban J connectivity index is 2.05. The fourth-order valence-electron chi connectivity index (χ4n) is 4.14. The second-order valence-corrected chi connectivity index (χ2v) is 11.8. The number of amides is 2. The van der Waals surface area contributed by atoms with Gasteiger partial charge >= 0.3 is 0 Å². The third-order valence-electron chi connectivity index (χ3n) is 6.59. The maximum atomic E-state index is 14.0. The summed E-state index contributed by atoms with van der Waals surface area (Å²) in [7, 11) is -4.16. The number of halogens is 1.